The zero-order chi connectivity index (χ0) is 17.8. The van der Waals surface area contributed by atoms with Gasteiger partial charge < -0.3 is 10.2 Å². The highest BCUT2D eigenvalue weighted by Gasteiger charge is 2.26. The number of hydrogen-bond donors (Lipinski definition) is 1. The number of nitrogens with one attached hydrogen (secondary N) is 1. The molecule has 1 aliphatic heterocycles. The van der Waals surface area contributed by atoms with E-state index in [1.165, 1.54) is 30.6 Å². The number of hydrogen-bond acceptors (Lipinski definition) is 3. The zero-order valence-electron chi connectivity index (χ0n) is 14.1. The number of pyridine rings is 1. The number of anilines is 2. The number of halogens is 2. The second kappa shape index (κ2) is 7.59. The molecular weight excluding hydrogens is 324 g/mol. The molecule has 25 heavy (non-hydrogen) atoms. The minimum absolute atomic E-state index is 0.0864. The van der Waals surface area contributed by atoms with Crippen molar-refractivity contribution in [1.29, 1.82) is 0 Å². The van der Waals surface area contributed by atoms with Crippen LogP contribution in [0.25, 0.3) is 0 Å². The zero-order valence-corrected chi connectivity index (χ0v) is 14.1. The number of piperidine rings is 1. The molecule has 2 aromatic rings. The number of amides is 1. The van der Waals surface area contributed by atoms with Crippen LogP contribution in [0.15, 0.2) is 36.7 Å². The molecule has 1 atom stereocenters. The van der Waals surface area contributed by atoms with E-state index in [1.54, 1.807) is 6.07 Å². The molecular formula is C19H21F2N3O. The van der Waals surface area contributed by atoms with E-state index in [0.29, 0.717) is 11.3 Å². The van der Waals surface area contributed by atoms with Gasteiger partial charge in [-0.25, -0.2) is 8.78 Å². The Hall–Kier alpha value is -2.50. The Morgan fingerprint density at radius 1 is 1.28 bits per heavy atom. The lowest BCUT2D eigenvalue weighted by molar-refractivity contribution is 0.0607. The van der Waals surface area contributed by atoms with Gasteiger partial charge in [-0.15, -0.1) is 0 Å². The molecule has 2 heterocycles. The van der Waals surface area contributed by atoms with Gasteiger partial charge in [0.1, 0.15) is 17.3 Å². The fourth-order valence-corrected chi connectivity index (χ4v) is 3.25. The molecule has 1 amide bonds. The summed E-state index contributed by atoms with van der Waals surface area (Å²) in [5.41, 5.74) is 0.542. The molecule has 6 heteroatoms. The lowest BCUT2D eigenvalue weighted by Gasteiger charge is -2.35. The Balaban J connectivity index is 1.82. The van der Waals surface area contributed by atoms with Crippen LogP contribution >= 0.6 is 0 Å². The van der Waals surface area contributed by atoms with Crippen molar-refractivity contribution in [2.24, 2.45) is 0 Å². The number of likely N-dealkylation sites (tertiary alicyclic amines) is 1. The molecule has 0 aliphatic carbocycles. The lowest BCUT2D eigenvalue weighted by atomic mass is 9.99. The third kappa shape index (κ3) is 3.78. The quantitative estimate of drug-likeness (QED) is 0.887. The normalized spacial score (nSPS) is 17.4. The molecule has 0 saturated carbocycles. The summed E-state index contributed by atoms with van der Waals surface area (Å²) in [7, 11) is 0. The monoisotopic (exact) mass is 345 g/mol. The van der Waals surface area contributed by atoms with Crippen LogP contribution in [0.5, 0.6) is 0 Å². The summed E-state index contributed by atoms with van der Waals surface area (Å²) in [4.78, 5) is 18.8. The molecule has 0 radical (unpaired) electrons. The maximum atomic E-state index is 13.8. The fraction of sp³-hybridized carbons (Fsp3) is 0.368. The third-order valence-electron chi connectivity index (χ3n) is 4.58. The van der Waals surface area contributed by atoms with Crippen molar-refractivity contribution in [3.63, 3.8) is 0 Å². The van der Waals surface area contributed by atoms with E-state index in [0.717, 1.165) is 32.2 Å². The highest BCUT2D eigenvalue weighted by atomic mass is 19.1. The summed E-state index contributed by atoms with van der Waals surface area (Å²) in [5.74, 6) is -1.48. The number of benzene rings is 1. The lowest BCUT2D eigenvalue weighted by Crippen LogP contribution is -2.43. The molecule has 1 aromatic carbocycles. The van der Waals surface area contributed by atoms with Crippen LogP contribution in [-0.2, 0) is 0 Å². The van der Waals surface area contributed by atoms with Gasteiger partial charge in [-0.3, -0.25) is 9.78 Å². The van der Waals surface area contributed by atoms with E-state index < -0.39 is 11.6 Å². The van der Waals surface area contributed by atoms with E-state index in [-0.39, 0.29) is 17.6 Å². The maximum Gasteiger partial charge on any atom is 0.255 e. The second-order valence-corrected chi connectivity index (χ2v) is 6.24. The summed E-state index contributed by atoms with van der Waals surface area (Å²) < 4.78 is 27.6. The topological polar surface area (TPSA) is 45.2 Å². The van der Waals surface area contributed by atoms with Crippen LogP contribution < -0.4 is 5.32 Å². The largest absolute Gasteiger partial charge is 0.349 e. The minimum Gasteiger partial charge on any atom is -0.349 e. The predicted octanol–water partition coefficient (Wildman–Crippen LogP) is 4.51. The average Bonchev–Trinajstić information content (AvgIpc) is 2.64. The smallest absolute Gasteiger partial charge is 0.255 e. The van der Waals surface area contributed by atoms with E-state index >= 15 is 0 Å². The highest BCUT2D eigenvalue weighted by molar-refractivity contribution is 5.95. The van der Waals surface area contributed by atoms with Gasteiger partial charge >= 0.3 is 0 Å². The van der Waals surface area contributed by atoms with E-state index in [9.17, 15) is 13.6 Å². The van der Waals surface area contributed by atoms with E-state index in [1.807, 2.05) is 4.90 Å². The summed E-state index contributed by atoms with van der Waals surface area (Å²) in [6.45, 7) is 2.81. The summed E-state index contributed by atoms with van der Waals surface area (Å²) in [5, 5.41) is 2.68. The molecule has 1 aliphatic rings. The predicted molar refractivity (Wildman–Crippen MR) is 92.8 cm³/mol. The maximum absolute atomic E-state index is 13.8. The van der Waals surface area contributed by atoms with Gasteiger partial charge in [0.25, 0.3) is 5.91 Å². The van der Waals surface area contributed by atoms with Gasteiger partial charge in [0, 0.05) is 18.8 Å². The second-order valence-electron chi connectivity index (χ2n) is 6.24. The number of aromatic nitrogens is 1. The number of nitrogens with zero attached hydrogens (tertiary/aromatic N) is 2. The number of carbonyl (C=O) groups excluding carboxylic acids is 1. The molecule has 1 N–H and O–H groups in total. The number of carbonyl (C=O) groups is 1. The molecule has 0 bridgehead atoms. The fourth-order valence-electron chi connectivity index (χ4n) is 3.25. The molecule has 3 rings (SSSR count). The Labute approximate surface area is 145 Å². The summed E-state index contributed by atoms with van der Waals surface area (Å²) in [6.07, 6.45) is 6.98. The van der Waals surface area contributed by atoms with Crippen molar-refractivity contribution in [3.05, 3.63) is 53.9 Å². The van der Waals surface area contributed by atoms with Crippen LogP contribution in [0, 0.1) is 11.6 Å². The van der Waals surface area contributed by atoms with Crippen LogP contribution in [0.1, 0.15) is 43.0 Å². The van der Waals surface area contributed by atoms with Crippen molar-refractivity contribution >= 4 is 17.3 Å². The first-order valence-electron chi connectivity index (χ1n) is 8.57. The van der Waals surface area contributed by atoms with Gasteiger partial charge in [0.15, 0.2) is 0 Å². The number of para-hydroxylation sites is 1. The van der Waals surface area contributed by atoms with E-state index in [2.05, 4.69) is 17.2 Å². The molecule has 1 saturated heterocycles. The SMILES string of the molecule is CCC1CCCCN1C(=O)c1cncc(Nc2c(F)cccc2F)c1. The average molecular weight is 345 g/mol. The minimum atomic E-state index is -0.696. The van der Waals surface area contributed by atoms with Gasteiger partial charge in [0.2, 0.25) is 0 Å². The first-order valence-corrected chi connectivity index (χ1v) is 8.57. The molecule has 1 fully saturated rings. The van der Waals surface area contributed by atoms with Crippen LogP contribution in [0.2, 0.25) is 0 Å². The first kappa shape index (κ1) is 17.3. The van der Waals surface area contributed by atoms with E-state index in [4.69, 9.17) is 0 Å². The van der Waals surface area contributed by atoms with Crippen molar-refractivity contribution in [2.45, 2.75) is 38.6 Å². The molecule has 1 unspecified atom stereocenters. The summed E-state index contributed by atoms with van der Waals surface area (Å²) >= 11 is 0. The Morgan fingerprint density at radius 3 is 2.76 bits per heavy atom. The van der Waals surface area contributed by atoms with Crippen molar-refractivity contribution in [1.82, 2.24) is 9.88 Å². The molecule has 4 nitrogen and oxygen atoms in total. The van der Waals surface area contributed by atoms with Crippen molar-refractivity contribution in [3.8, 4) is 0 Å². The first-order chi connectivity index (χ1) is 12.1. The van der Waals surface area contributed by atoms with Crippen LogP contribution in [-0.4, -0.2) is 28.4 Å². The summed E-state index contributed by atoms with van der Waals surface area (Å²) in [6, 6.07) is 5.47. The molecule has 132 valence electrons. The highest BCUT2D eigenvalue weighted by Crippen LogP contribution is 2.25. The Kier molecular flexibility index (Phi) is 5.26. The van der Waals surface area contributed by atoms with Gasteiger partial charge in [0.05, 0.1) is 17.4 Å². The Morgan fingerprint density at radius 2 is 2.04 bits per heavy atom. The molecule has 1 aromatic heterocycles. The third-order valence-corrected chi connectivity index (χ3v) is 4.58. The molecule has 0 spiro atoms. The Bertz CT molecular complexity index is 746. The van der Waals surface area contributed by atoms with Gasteiger partial charge in [-0.1, -0.05) is 13.0 Å². The van der Waals surface area contributed by atoms with Crippen molar-refractivity contribution < 1.29 is 13.6 Å². The standard InChI is InChI=1S/C19H21F2N3O/c1-2-15-6-3-4-9-24(15)19(25)13-10-14(12-22-11-13)23-18-16(20)7-5-8-17(18)21/h5,7-8,10-12,15,23H,2-4,6,9H2,1H3. The van der Waals surface area contributed by atoms with Gasteiger partial charge in [-0.05, 0) is 43.9 Å². The number of rotatable bonds is 4. The van der Waals surface area contributed by atoms with Crippen LogP contribution in [0.4, 0.5) is 20.2 Å². The van der Waals surface area contributed by atoms with Crippen LogP contribution in [0.3, 0.4) is 0 Å². The van der Waals surface area contributed by atoms with Crippen molar-refractivity contribution in [2.75, 3.05) is 11.9 Å². The van der Waals surface area contributed by atoms with Gasteiger partial charge in [-0.2, -0.15) is 0 Å².